The van der Waals surface area contributed by atoms with Crippen LogP contribution in [0.4, 0.5) is 0 Å². The Hall–Kier alpha value is -1.50. The van der Waals surface area contributed by atoms with E-state index in [-0.39, 0.29) is 12.8 Å². The van der Waals surface area contributed by atoms with Crippen LogP contribution >= 0.6 is 0 Å². The van der Waals surface area contributed by atoms with Crippen LogP contribution in [0.5, 0.6) is 0 Å². The summed E-state index contributed by atoms with van der Waals surface area (Å²) in [5, 5.41) is 29.9. The van der Waals surface area contributed by atoms with Crippen molar-refractivity contribution in [3.63, 3.8) is 0 Å². The molecule has 0 saturated carbocycles. The Morgan fingerprint density at radius 2 is 0.696 bits per heavy atom. The molecule has 0 spiro atoms. The quantitative estimate of drug-likeness (QED) is 0.0476. The molecule has 6 nitrogen and oxygen atoms in total. The SMILES string of the molecule is CCCCCCCC/C=C\CCCCCCCC(=O)N(C(=O)CCCCCCC/C=C\CCCCCCCC)C(CO)(CO)CO. The van der Waals surface area contributed by atoms with Crippen molar-refractivity contribution in [1.29, 1.82) is 0 Å². The third-order valence-corrected chi connectivity index (χ3v) is 9.16. The molecule has 0 bridgehead atoms. The van der Waals surface area contributed by atoms with Gasteiger partial charge in [0.1, 0.15) is 5.54 Å². The van der Waals surface area contributed by atoms with E-state index >= 15 is 0 Å². The highest BCUT2D eigenvalue weighted by Crippen LogP contribution is 2.21. The highest BCUT2D eigenvalue weighted by Gasteiger charge is 2.42. The van der Waals surface area contributed by atoms with Crippen LogP contribution in [0.3, 0.4) is 0 Å². The highest BCUT2D eigenvalue weighted by molar-refractivity contribution is 5.96. The van der Waals surface area contributed by atoms with Gasteiger partial charge < -0.3 is 15.3 Å². The molecule has 0 atom stereocenters. The number of carbonyl (C=O) groups is 2. The molecule has 0 saturated heterocycles. The fourth-order valence-electron chi connectivity index (χ4n) is 5.95. The number of aliphatic hydroxyl groups excluding tert-OH is 3. The monoisotopic (exact) mass is 650 g/mol. The molecule has 0 aliphatic rings. The Balaban J connectivity index is 4.24. The van der Waals surface area contributed by atoms with Gasteiger partial charge in [0.25, 0.3) is 0 Å². The van der Waals surface area contributed by atoms with Gasteiger partial charge in [0.2, 0.25) is 11.8 Å². The summed E-state index contributed by atoms with van der Waals surface area (Å²) in [5.74, 6) is -0.819. The van der Waals surface area contributed by atoms with Gasteiger partial charge in [-0.15, -0.1) is 0 Å². The van der Waals surface area contributed by atoms with Crippen molar-refractivity contribution >= 4 is 11.8 Å². The third-order valence-electron chi connectivity index (χ3n) is 9.16. The summed E-state index contributed by atoms with van der Waals surface area (Å²) in [7, 11) is 0. The zero-order valence-electron chi connectivity index (χ0n) is 30.3. The molecule has 0 heterocycles. The first-order valence-corrected chi connectivity index (χ1v) is 19.5. The molecule has 0 aromatic carbocycles. The summed E-state index contributed by atoms with van der Waals surface area (Å²) >= 11 is 0. The zero-order chi connectivity index (χ0) is 34.0. The normalized spacial score (nSPS) is 12.1. The molecule has 0 aromatic heterocycles. The van der Waals surface area contributed by atoms with Gasteiger partial charge in [-0.25, -0.2) is 0 Å². The summed E-state index contributed by atoms with van der Waals surface area (Å²) in [4.78, 5) is 27.3. The lowest BCUT2D eigenvalue weighted by Gasteiger charge is -2.38. The van der Waals surface area contributed by atoms with Gasteiger partial charge in [0.05, 0.1) is 19.8 Å². The first kappa shape index (κ1) is 44.5. The molecule has 0 radical (unpaired) electrons. The van der Waals surface area contributed by atoms with Gasteiger partial charge in [0, 0.05) is 12.8 Å². The number of hydrogen-bond donors (Lipinski definition) is 3. The van der Waals surface area contributed by atoms with Crippen molar-refractivity contribution in [2.45, 2.75) is 199 Å². The van der Waals surface area contributed by atoms with Crippen LogP contribution in [0.2, 0.25) is 0 Å². The standard InChI is InChI=1S/C40H75NO5/c1-3-5-7-9-11-13-15-17-19-21-23-25-27-29-31-33-38(45)41(40(35-42,36-43)37-44)39(46)34-32-30-28-26-24-22-20-18-16-14-12-10-8-6-4-2/h17-20,42-44H,3-16,21-37H2,1-2H3/b19-17-,20-18-. The van der Waals surface area contributed by atoms with Gasteiger partial charge in [-0.05, 0) is 64.2 Å². The average molecular weight is 650 g/mol. The van der Waals surface area contributed by atoms with Gasteiger partial charge in [-0.3, -0.25) is 14.5 Å². The molecule has 0 aliphatic carbocycles. The number of amides is 2. The maximum Gasteiger partial charge on any atom is 0.229 e. The van der Waals surface area contributed by atoms with E-state index in [2.05, 4.69) is 38.2 Å². The molecule has 0 rings (SSSR count). The molecule has 46 heavy (non-hydrogen) atoms. The van der Waals surface area contributed by atoms with Crippen molar-refractivity contribution in [2.75, 3.05) is 19.8 Å². The van der Waals surface area contributed by atoms with Gasteiger partial charge >= 0.3 is 0 Å². The lowest BCUT2D eigenvalue weighted by atomic mass is 9.97. The molecular formula is C40H75NO5. The summed E-state index contributed by atoms with van der Waals surface area (Å²) in [5.41, 5.74) is -1.65. The molecule has 270 valence electrons. The first-order chi connectivity index (χ1) is 22.5. The molecule has 0 fully saturated rings. The van der Waals surface area contributed by atoms with Crippen molar-refractivity contribution in [2.24, 2.45) is 0 Å². The predicted molar refractivity (Wildman–Crippen MR) is 195 cm³/mol. The lowest BCUT2D eigenvalue weighted by Crippen LogP contribution is -2.61. The maximum atomic E-state index is 13.2. The van der Waals surface area contributed by atoms with Crippen molar-refractivity contribution in [1.82, 2.24) is 4.90 Å². The summed E-state index contributed by atoms with van der Waals surface area (Å²) in [6.07, 6.45) is 39.8. The van der Waals surface area contributed by atoms with Gasteiger partial charge in [0.15, 0.2) is 0 Å². The topological polar surface area (TPSA) is 98.1 Å². The van der Waals surface area contributed by atoms with Crippen LogP contribution in [0.25, 0.3) is 0 Å². The van der Waals surface area contributed by atoms with E-state index in [1.165, 1.54) is 89.9 Å². The maximum absolute atomic E-state index is 13.2. The Morgan fingerprint density at radius 3 is 0.978 bits per heavy atom. The van der Waals surface area contributed by atoms with E-state index in [9.17, 15) is 24.9 Å². The number of rotatable bonds is 34. The molecule has 2 amide bonds. The molecule has 3 N–H and O–H groups in total. The van der Waals surface area contributed by atoms with Crippen LogP contribution in [0.15, 0.2) is 24.3 Å². The molecule has 6 heteroatoms. The number of nitrogens with zero attached hydrogens (tertiary/aromatic N) is 1. The van der Waals surface area contributed by atoms with Crippen molar-refractivity contribution in [3.05, 3.63) is 24.3 Å². The summed E-state index contributed by atoms with van der Waals surface area (Å²) in [6.45, 7) is 2.53. The summed E-state index contributed by atoms with van der Waals surface area (Å²) < 4.78 is 0. The minimum Gasteiger partial charge on any atom is -0.394 e. The van der Waals surface area contributed by atoms with E-state index in [0.717, 1.165) is 69.1 Å². The lowest BCUT2D eigenvalue weighted by molar-refractivity contribution is -0.160. The van der Waals surface area contributed by atoms with Crippen LogP contribution in [0, 0.1) is 0 Å². The predicted octanol–water partition coefficient (Wildman–Crippen LogP) is 10.1. The number of unbranched alkanes of at least 4 members (excludes halogenated alkanes) is 22. The number of aliphatic hydroxyl groups is 3. The van der Waals surface area contributed by atoms with Gasteiger partial charge in [-0.1, -0.05) is 141 Å². The Labute approximate surface area is 284 Å². The molecular weight excluding hydrogens is 574 g/mol. The molecule has 0 aromatic rings. The molecule has 0 unspecified atom stereocenters. The molecule has 0 aliphatic heterocycles. The van der Waals surface area contributed by atoms with E-state index in [1.54, 1.807) is 0 Å². The van der Waals surface area contributed by atoms with Gasteiger partial charge in [-0.2, -0.15) is 0 Å². The van der Waals surface area contributed by atoms with Crippen LogP contribution in [-0.2, 0) is 9.59 Å². The van der Waals surface area contributed by atoms with Crippen LogP contribution in [-0.4, -0.2) is 57.4 Å². The highest BCUT2D eigenvalue weighted by atomic mass is 16.3. The second kappa shape index (κ2) is 33.4. The Bertz CT molecular complexity index is 686. The van der Waals surface area contributed by atoms with Crippen molar-refractivity contribution in [3.8, 4) is 0 Å². The fourth-order valence-corrected chi connectivity index (χ4v) is 5.95. The second-order valence-electron chi connectivity index (χ2n) is 13.5. The fraction of sp³-hybridized carbons (Fsp3) is 0.850. The van der Waals surface area contributed by atoms with Crippen molar-refractivity contribution < 1.29 is 24.9 Å². The zero-order valence-corrected chi connectivity index (χ0v) is 30.3. The number of allylic oxidation sites excluding steroid dienone is 4. The second-order valence-corrected chi connectivity index (χ2v) is 13.5. The van der Waals surface area contributed by atoms with Crippen LogP contribution < -0.4 is 0 Å². The smallest absolute Gasteiger partial charge is 0.229 e. The third kappa shape index (κ3) is 23.8. The number of imide groups is 1. The first-order valence-electron chi connectivity index (χ1n) is 19.5. The largest absolute Gasteiger partial charge is 0.394 e. The van der Waals surface area contributed by atoms with E-state index in [1.807, 2.05) is 0 Å². The minimum absolute atomic E-state index is 0.179. The van der Waals surface area contributed by atoms with E-state index < -0.39 is 37.2 Å². The van der Waals surface area contributed by atoms with E-state index in [0.29, 0.717) is 12.8 Å². The van der Waals surface area contributed by atoms with Crippen LogP contribution in [0.1, 0.15) is 194 Å². The van der Waals surface area contributed by atoms with E-state index in [4.69, 9.17) is 0 Å². The number of carbonyl (C=O) groups excluding carboxylic acids is 2. The minimum atomic E-state index is -1.65. The average Bonchev–Trinajstić information content (AvgIpc) is 3.07. The summed E-state index contributed by atoms with van der Waals surface area (Å²) in [6, 6.07) is 0. The number of hydrogen-bond acceptors (Lipinski definition) is 5. The Morgan fingerprint density at radius 1 is 0.435 bits per heavy atom. The Kier molecular flexibility index (Phi) is 32.3.